The Balaban J connectivity index is 2.53. The molecule has 0 aromatic carbocycles. The van der Waals surface area contributed by atoms with Gasteiger partial charge >= 0.3 is 5.97 Å². The normalized spacial score (nSPS) is 15.5. The summed E-state index contributed by atoms with van der Waals surface area (Å²) in [6, 6.07) is 0. The molecule has 0 fully saturated rings. The molecule has 70 valence electrons. The summed E-state index contributed by atoms with van der Waals surface area (Å²) < 4.78 is 5.74. The lowest BCUT2D eigenvalue weighted by Gasteiger charge is -2.09. The van der Waals surface area contributed by atoms with Gasteiger partial charge in [-0.2, -0.15) is 0 Å². The third-order valence-corrected chi connectivity index (χ3v) is 3.01. The highest BCUT2D eigenvalue weighted by molar-refractivity contribution is 9.10. The van der Waals surface area contributed by atoms with Crippen molar-refractivity contribution < 1.29 is 14.3 Å². The maximum atomic E-state index is 10.8. The Labute approximate surface area is 83.9 Å². The zero-order valence-electron chi connectivity index (χ0n) is 6.97. The fraction of sp³-hybridized carbons (Fsp3) is 0.444. The molecular weight excluding hydrogens is 236 g/mol. The third-order valence-electron chi connectivity index (χ3n) is 2.37. The minimum absolute atomic E-state index is 0.113. The molecule has 0 saturated heterocycles. The van der Waals surface area contributed by atoms with Crippen molar-refractivity contribution in [2.75, 3.05) is 0 Å². The highest BCUT2D eigenvalue weighted by Gasteiger charge is 2.24. The zero-order valence-corrected chi connectivity index (χ0v) is 8.56. The van der Waals surface area contributed by atoms with Crippen molar-refractivity contribution in [2.45, 2.75) is 25.7 Å². The first kappa shape index (κ1) is 8.81. The van der Waals surface area contributed by atoms with Gasteiger partial charge in [0.05, 0.1) is 0 Å². The van der Waals surface area contributed by atoms with E-state index in [1.807, 2.05) is 0 Å². The second-order valence-electron chi connectivity index (χ2n) is 3.17. The van der Waals surface area contributed by atoms with Crippen molar-refractivity contribution in [2.24, 2.45) is 0 Å². The van der Waals surface area contributed by atoms with Crippen LogP contribution in [0.15, 0.2) is 9.09 Å². The van der Waals surface area contributed by atoms with E-state index in [2.05, 4.69) is 15.9 Å². The Morgan fingerprint density at radius 1 is 1.31 bits per heavy atom. The largest absolute Gasteiger partial charge is 0.475 e. The molecule has 0 amide bonds. The van der Waals surface area contributed by atoms with Gasteiger partial charge < -0.3 is 9.52 Å². The van der Waals surface area contributed by atoms with Gasteiger partial charge in [-0.25, -0.2) is 4.79 Å². The molecular formula is C9H9BrO3. The van der Waals surface area contributed by atoms with Crippen molar-refractivity contribution in [3.05, 3.63) is 21.6 Å². The first-order chi connectivity index (χ1) is 6.20. The number of fused-ring (bicyclic) bond motifs is 1. The molecule has 1 heterocycles. The molecule has 1 N–H and O–H groups in total. The van der Waals surface area contributed by atoms with Crippen LogP contribution in [0.25, 0.3) is 0 Å². The summed E-state index contributed by atoms with van der Waals surface area (Å²) in [6.07, 6.45) is 3.92. The predicted molar refractivity (Wildman–Crippen MR) is 50.0 cm³/mol. The molecule has 4 heteroatoms. The molecule has 1 aliphatic carbocycles. The van der Waals surface area contributed by atoms with Crippen molar-refractivity contribution in [1.29, 1.82) is 0 Å². The van der Waals surface area contributed by atoms with Crippen LogP contribution in [0.5, 0.6) is 0 Å². The SMILES string of the molecule is O=C(O)c1oc(Br)c2c1CCCC2. The third kappa shape index (κ3) is 1.39. The van der Waals surface area contributed by atoms with Crippen LogP contribution >= 0.6 is 15.9 Å². The van der Waals surface area contributed by atoms with E-state index in [1.54, 1.807) is 0 Å². The van der Waals surface area contributed by atoms with E-state index in [0.717, 1.165) is 36.8 Å². The molecule has 1 aliphatic rings. The lowest BCUT2D eigenvalue weighted by molar-refractivity contribution is 0.0659. The van der Waals surface area contributed by atoms with E-state index in [1.165, 1.54) is 0 Å². The topological polar surface area (TPSA) is 50.4 Å². The number of carboxylic acid groups (broad SMARTS) is 1. The molecule has 0 saturated carbocycles. The monoisotopic (exact) mass is 244 g/mol. The van der Waals surface area contributed by atoms with Gasteiger partial charge in [0.1, 0.15) is 0 Å². The number of carbonyl (C=O) groups is 1. The summed E-state index contributed by atoms with van der Waals surface area (Å²) >= 11 is 3.24. The van der Waals surface area contributed by atoms with Gasteiger partial charge in [-0.3, -0.25) is 0 Å². The first-order valence-corrected chi connectivity index (χ1v) is 5.03. The molecule has 0 bridgehead atoms. The fourth-order valence-electron chi connectivity index (χ4n) is 1.76. The number of aromatic carboxylic acids is 1. The molecule has 2 rings (SSSR count). The van der Waals surface area contributed by atoms with Crippen LogP contribution < -0.4 is 0 Å². The second-order valence-corrected chi connectivity index (χ2v) is 3.89. The molecule has 3 nitrogen and oxygen atoms in total. The summed E-state index contributed by atoms with van der Waals surface area (Å²) in [5, 5.41) is 8.84. The highest BCUT2D eigenvalue weighted by Crippen LogP contribution is 2.33. The molecule has 0 unspecified atom stereocenters. The number of furan rings is 1. The number of rotatable bonds is 1. The van der Waals surface area contributed by atoms with Crippen LogP contribution in [0.3, 0.4) is 0 Å². The van der Waals surface area contributed by atoms with E-state index in [4.69, 9.17) is 9.52 Å². The van der Waals surface area contributed by atoms with Gasteiger partial charge in [0.25, 0.3) is 0 Å². The first-order valence-electron chi connectivity index (χ1n) is 4.23. The standard InChI is InChI=1S/C9H9BrO3/c10-8-6-4-2-1-3-5(6)7(13-8)9(11)12/h1-4H2,(H,11,12). The van der Waals surface area contributed by atoms with Crippen molar-refractivity contribution in [3.8, 4) is 0 Å². The van der Waals surface area contributed by atoms with E-state index in [0.29, 0.717) is 4.67 Å². The van der Waals surface area contributed by atoms with E-state index < -0.39 is 5.97 Å². The maximum absolute atomic E-state index is 10.8. The van der Waals surface area contributed by atoms with Gasteiger partial charge in [0, 0.05) is 11.1 Å². The van der Waals surface area contributed by atoms with Crippen LogP contribution in [-0.4, -0.2) is 11.1 Å². The Morgan fingerprint density at radius 3 is 2.54 bits per heavy atom. The average Bonchev–Trinajstić information content (AvgIpc) is 2.45. The van der Waals surface area contributed by atoms with Gasteiger partial charge in [-0.05, 0) is 41.6 Å². The van der Waals surface area contributed by atoms with Crippen LogP contribution in [0.4, 0.5) is 0 Å². The lowest BCUT2D eigenvalue weighted by atomic mass is 9.94. The number of carboxylic acids is 1. The van der Waals surface area contributed by atoms with Gasteiger partial charge in [0.15, 0.2) is 4.67 Å². The molecule has 0 atom stereocenters. The van der Waals surface area contributed by atoms with Gasteiger partial charge in [-0.15, -0.1) is 0 Å². The van der Waals surface area contributed by atoms with Crippen molar-refractivity contribution in [1.82, 2.24) is 0 Å². The Kier molecular flexibility index (Phi) is 2.15. The lowest BCUT2D eigenvalue weighted by Crippen LogP contribution is -2.05. The number of hydrogen-bond acceptors (Lipinski definition) is 2. The highest BCUT2D eigenvalue weighted by atomic mass is 79.9. The summed E-state index contributed by atoms with van der Waals surface area (Å²) in [5.41, 5.74) is 1.93. The minimum atomic E-state index is -0.969. The van der Waals surface area contributed by atoms with Crippen molar-refractivity contribution in [3.63, 3.8) is 0 Å². The fourth-order valence-corrected chi connectivity index (χ4v) is 2.36. The smallest absolute Gasteiger partial charge is 0.372 e. The van der Waals surface area contributed by atoms with Crippen molar-refractivity contribution >= 4 is 21.9 Å². The maximum Gasteiger partial charge on any atom is 0.372 e. The molecule has 0 radical (unpaired) electrons. The average molecular weight is 245 g/mol. The van der Waals surface area contributed by atoms with Crippen LogP contribution in [-0.2, 0) is 12.8 Å². The quantitative estimate of drug-likeness (QED) is 0.827. The summed E-state index contributed by atoms with van der Waals surface area (Å²) in [7, 11) is 0. The number of halogens is 1. The van der Waals surface area contributed by atoms with E-state index >= 15 is 0 Å². The zero-order chi connectivity index (χ0) is 9.42. The van der Waals surface area contributed by atoms with Crippen LogP contribution in [0.2, 0.25) is 0 Å². The van der Waals surface area contributed by atoms with Crippen LogP contribution in [0.1, 0.15) is 34.5 Å². The number of hydrogen-bond donors (Lipinski definition) is 1. The Morgan fingerprint density at radius 2 is 1.92 bits per heavy atom. The minimum Gasteiger partial charge on any atom is -0.475 e. The van der Waals surface area contributed by atoms with Crippen LogP contribution in [0, 0.1) is 0 Å². The summed E-state index contributed by atoms with van der Waals surface area (Å²) in [6.45, 7) is 0. The summed E-state index contributed by atoms with van der Waals surface area (Å²) in [5.74, 6) is -0.856. The molecule has 13 heavy (non-hydrogen) atoms. The second kappa shape index (κ2) is 3.18. The molecule has 0 spiro atoms. The molecule has 1 aromatic rings. The van der Waals surface area contributed by atoms with Gasteiger partial charge in [-0.1, -0.05) is 0 Å². The Bertz CT molecular complexity index is 354. The Hall–Kier alpha value is -0.770. The summed E-state index contributed by atoms with van der Waals surface area (Å²) in [4.78, 5) is 10.8. The van der Waals surface area contributed by atoms with Gasteiger partial charge in [0.2, 0.25) is 5.76 Å². The van der Waals surface area contributed by atoms with E-state index in [9.17, 15) is 4.79 Å². The molecule has 0 aliphatic heterocycles. The van der Waals surface area contributed by atoms with E-state index in [-0.39, 0.29) is 5.76 Å². The predicted octanol–water partition coefficient (Wildman–Crippen LogP) is 2.62. The molecule has 1 aromatic heterocycles.